The van der Waals surface area contributed by atoms with Crippen LogP contribution < -0.4 is 15.9 Å². The third-order valence-corrected chi connectivity index (χ3v) is 1.77. The Morgan fingerprint density at radius 3 is 2.53 bits per heavy atom. The summed E-state index contributed by atoms with van der Waals surface area (Å²) in [7, 11) is 0. The van der Waals surface area contributed by atoms with Gasteiger partial charge in [-0.15, -0.1) is 13.2 Å². The van der Waals surface area contributed by atoms with E-state index in [1.807, 2.05) is 0 Å². The van der Waals surface area contributed by atoms with E-state index in [0.717, 1.165) is 0 Å². The number of pyridine rings is 1. The molecule has 0 aromatic carbocycles. The minimum absolute atomic E-state index is 0.183. The zero-order chi connectivity index (χ0) is 13.2. The lowest BCUT2D eigenvalue weighted by Crippen LogP contribution is -2.27. The number of aromatic nitrogens is 1. The van der Waals surface area contributed by atoms with E-state index in [1.165, 1.54) is 0 Å². The van der Waals surface area contributed by atoms with Crippen molar-refractivity contribution in [3.8, 4) is 5.75 Å². The first-order chi connectivity index (χ1) is 7.76. The Hall–Kier alpha value is -2.03. The lowest BCUT2D eigenvalue weighted by Gasteiger charge is -2.10. The molecule has 1 aromatic rings. The Kier molecular flexibility index (Phi) is 3.42. The predicted octanol–water partition coefficient (Wildman–Crippen LogP) is 0.430. The van der Waals surface area contributed by atoms with Crippen molar-refractivity contribution >= 4 is 5.97 Å². The molecule has 1 heterocycles. The second kappa shape index (κ2) is 4.45. The molecule has 9 heteroatoms. The van der Waals surface area contributed by atoms with Gasteiger partial charge in [0.15, 0.2) is 5.75 Å². The maximum absolute atomic E-state index is 11.9. The summed E-state index contributed by atoms with van der Waals surface area (Å²) in [6.07, 6.45) is -4.46. The summed E-state index contributed by atoms with van der Waals surface area (Å²) in [5.74, 6) is -2.83. The first kappa shape index (κ1) is 13.0. The molecule has 4 N–H and O–H groups in total. The predicted molar refractivity (Wildman–Crippen MR) is 48.6 cm³/mol. The second-order valence-corrected chi connectivity index (χ2v) is 2.89. The van der Waals surface area contributed by atoms with Gasteiger partial charge in [0, 0.05) is 18.4 Å². The molecular weight excluding hydrogens is 245 g/mol. The lowest BCUT2D eigenvalue weighted by atomic mass is 10.2. The fraction of sp³-hybridized carbons (Fsp3) is 0.250. The number of H-pyrrole nitrogens is 1. The fourth-order valence-corrected chi connectivity index (χ4v) is 1.14. The topological polar surface area (TPSA) is 105 Å². The molecule has 0 aliphatic carbocycles. The number of carboxylic acid groups (broad SMARTS) is 1. The van der Waals surface area contributed by atoms with Crippen molar-refractivity contribution in [2.45, 2.75) is 12.9 Å². The van der Waals surface area contributed by atoms with Gasteiger partial charge in [0.25, 0.3) is 0 Å². The first-order valence-corrected chi connectivity index (χ1v) is 4.20. The Bertz CT molecular complexity index is 495. The average molecular weight is 252 g/mol. The van der Waals surface area contributed by atoms with Crippen molar-refractivity contribution in [1.29, 1.82) is 0 Å². The number of aromatic amines is 1. The Morgan fingerprint density at radius 2 is 2.12 bits per heavy atom. The number of carbonyl (C=O) groups is 1. The third kappa shape index (κ3) is 2.97. The zero-order valence-corrected chi connectivity index (χ0v) is 8.17. The van der Waals surface area contributed by atoms with Gasteiger partial charge in [0.2, 0.25) is 5.43 Å². The van der Waals surface area contributed by atoms with E-state index >= 15 is 0 Å². The Balaban J connectivity index is 3.34. The summed E-state index contributed by atoms with van der Waals surface area (Å²) >= 11 is 0. The number of nitrogens with two attached hydrogens (primary N) is 1. The number of alkyl halides is 3. The quantitative estimate of drug-likeness (QED) is 0.723. The van der Waals surface area contributed by atoms with Gasteiger partial charge in [-0.1, -0.05) is 0 Å². The fourth-order valence-electron chi connectivity index (χ4n) is 1.14. The molecule has 0 fully saturated rings. The number of ether oxygens (including phenoxy) is 1. The van der Waals surface area contributed by atoms with Gasteiger partial charge in [-0.05, 0) is 0 Å². The van der Waals surface area contributed by atoms with Crippen molar-refractivity contribution in [1.82, 2.24) is 4.98 Å². The van der Waals surface area contributed by atoms with E-state index in [1.54, 1.807) is 0 Å². The summed E-state index contributed by atoms with van der Waals surface area (Å²) in [4.78, 5) is 24.3. The number of nitrogens with one attached hydrogen (secondary N) is 1. The number of rotatable bonds is 3. The van der Waals surface area contributed by atoms with E-state index < -0.39 is 29.1 Å². The Labute approximate surface area is 91.8 Å². The molecule has 1 aromatic heterocycles. The zero-order valence-electron chi connectivity index (χ0n) is 8.17. The van der Waals surface area contributed by atoms with Gasteiger partial charge in [-0.3, -0.25) is 4.79 Å². The highest BCUT2D eigenvalue weighted by molar-refractivity contribution is 5.89. The van der Waals surface area contributed by atoms with Crippen LogP contribution in [0.1, 0.15) is 16.1 Å². The van der Waals surface area contributed by atoms with Crippen LogP contribution in [0.2, 0.25) is 0 Å². The van der Waals surface area contributed by atoms with Gasteiger partial charge >= 0.3 is 12.3 Å². The molecule has 94 valence electrons. The summed E-state index contributed by atoms with van der Waals surface area (Å²) in [5, 5.41) is 8.69. The van der Waals surface area contributed by atoms with Crippen LogP contribution in [0.15, 0.2) is 11.0 Å². The monoisotopic (exact) mass is 252 g/mol. The highest BCUT2D eigenvalue weighted by Gasteiger charge is 2.33. The minimum atomic E-state index is -5.08. The highest BCUT2D eigenvalue weighted by atomic mass is 19.4. The molecule has 1 rings (SSSR count). The molecule has 0 amide bonds. The molecule has 6 nitrogen and oxygen atoms in total. The van der Waals surface area contributed by atoms with Crippen LogP contribution in [-0.2, 0) is 6.54 Å². The molecule has 0 aliphatic heterocycles. The average Bonchev–Trinajstić information content (AvgIpc) is 2.18. The summed E-state index contributed by atoms with van der Waals surface area (Å²) in [6.45, 7) is -0.330. The van der Waals surface area contributed by atoms with Crippen LogP contribution in [0.25, 0.3) is 0 Å². The van der Waals surface area contributed by atoms with Crippen LogP contribution in [0.4, 0.5) is 13.2 Å². The van der Waals surface area contributed by atoms with Gasteiger partial charge < -0.3 is 20.6 Å². The first-order valence-electron chi connectivity index (χ1n) is 4.20. The van der Waals surface area contributed by atoms with Crippen LogP contribution in [-0.4, -0.2) is 22.4 Å². The largest absolute Gasteiger partial charge is 0.573 e. The van der Waals surface area contributed by atoms with E-state index in [9.17, 15) is 22.8 Å². The molecule has 0 saturated carbocycles. The smallest absolute Gasteiger partial charge is 0.477 e. The summed E-state index contributed by atoms with van der Waals surface area (Å²) in [5.41, 5.74) is 2.71. The molecule has 0 unspecified atom stereocenters. The number of halogens is 3. The minimum Gasteiger partial charge on any atom is -0.477 e. The number of hydrogen-bond donors (Lipinski definition) is 3. The molecule has 0 radical (unpaired) electrons. The second-order valence-electron chi connectivity index (χ2n) is 2.89. The van der Waals surface area contributed by atoms with Gasteiger partial charge in [-0.25, -0.2) is 4.79 Å². The summed E-state index contributed by atoms with van der Waals surface area (Å²) in [6, 6.07) is 0. The molecule has 0 bridgehead atoms. The van der Waals surface area contributed by atoms with Gasteiger partial charge in [0.05, 0.1) is 0 Å². The maximum atomic E-state index is 11.9. The van der Waals surface area contributed by atoms with Crippen molar-refractivity contribution in [2.24, 2.45) is 5.73 Å². The molecule has 17 heavy (non-hydrogen) atoms. The maximum Gasteiger partial charge on any atom is 0.573 e. The third-order valence-electron chi connectivity index (χ3n) is 1.77. The van der Waals surface area contributed by atoms with Crippen molar-refractivity contribution < 1.29 is 27.8 Å². The van der Waals surface area contributed by atoms with Crippen LogP contribution in [0.3, 0.4) is 0 Å². The standard InChI is InChI=1S/C8H7F3N2O4/c9-8(10,11)17-4-2-13-3(1-12)5(6(4)14)7(15)16/h2H,1,12H2,(H,13,14)(H,15,16). The number of hydrogen-bond acceptors (Lipinski definition) is 4. The van der Waals surface area contributed by atoms with Crippen LogP contribution in [0.5, 0.6) is 5.75 Å². The van der Waals surface area contributed by atoms with Crippen LogP contribution in [0, 0.1) is 0 Å². The molecule has 0 aliphatic rings. The van der Waals surface area contributed by atoms with E-state index in [2.05, 4.69) is 9.72 Å². The molecule has 0 saturated heterocycles. The molecule has 0 atom stereocenters. The van der Waals surface area contributed by atoms with E-state index in [0.29, 0.717) is 6.20 Å². The van der Waals surface area contributed by atoms with E-state index in [4.69, 9.17) is 10.8 Å². The normalized spacial score (nSPS) is 11.3. The highest BCUT2D eigenvalue weighted by Crippen LogP contribution is 2.19. The Morgan fingerprint density at radius 1 is 1.53 bits per heavy atom. The lowest BCUT2D eigenvalue weighted by molar-refractivity contribution is -0.275. The van der Waals surface area contributed by atoms with Gasteiger partial charge in [0.1, 0.15) is 5.56 Å². The number of carboxylic acids is 1. The van der Waals surface area contributed by atoms with Crippen molar-refractivity contribution in [3.63, 3.8) is 0 Å². The van der Waals surface area contributed by atoms with Crippen molar-refractivity contribution in [2.75, 3.05) is 0 Å². The molecule has 0 spiro atoms. The van der Waals surface area contributed by atoms with Crippen LogP contribution >= 0.6 is 0 Å². The van der Waals surface area contributed by atoms with Gasteiger partial charge in [-0.2, -0.15) is 0 Å². The number of aromatic carboxylic acids is 1. The van der Waals surface area contributed by atoms with E-state index in [-0.39, 0.29) is 12.2 Å². The van der Waals surface area contributed by atoms with Crippen molar-refractivity contribution in [3.05, 3.63) is 27.7 Å². The molecular formula is C8H7F3N2O4. The summed E-state index contributed by atoms with van der Waals surface area (Å²) < 4.78 is 39.0. The SMILES string of the molecule is NCc1[nH]cc(OC(F)(F)F)c(=O)c1C(=O)O.